The molecule has 100 valence electrons. The normalized spacial score (nSPS) is 14.2. The van der Waals surface area contributed by atoms with E-state index in [1.807, 2.05) is 43.3 Å². The molecule has 0 aromatic heterocycles. The first-order valence-electron chi connectivity index (χ1n) is 5.88. The maximum atomic E-state index is 6.46. The van der Waals surface area contributed by atoms with E-state index in [9.17, 15) is 0 Å². The number of hydrogen-bond acceptors (Lipinski definition) is 1. The van der Waals surface area contributed by atoms with E-state index in [1.165, 1.54) is 0 Å². The van der Waals surface area contributed by atoms with Crippen molar-refractivity contribution in [1.82, 2.24) is 0 Å². The monoisotopic (exact) mass is 357 g/mol. The van der Waals surface area contributed by atoms with E-state index < -0.39 is 5.54 Å². The number of benzene rings is 2. The van der Waals surface area contributed by atoms with Crippen molar-refractivity contribution in [3.8, 4) is 0 Å². The van der Waals surface area contributed by atoms with Crippen LogP contribution in [-0.2, 0) is 12.0 Å². The Bertz CT molecular complexity index is 596. The average Bonchev–Trinajstić information content (AvgIpc) is 2.33. The standard InChI is InChI=1S/C15H14BrCl2N/c1-15(19,12-4-2-3-5-13(12)16)9-10-6-7-11(17)8-14(10)18/h2-8H,9,19H2,1H3. The molecule has 0 saturated heterocycles. The van der Waals surface area contributed by atoms with Crippen LogP contribution in [0.1, 0.15) is 18.1 Å². The van der Waals surface area contributed by atoms with Crippen molar-refractivity contribution in [2.45, 2.75) is 18.9 Å². The van der Waals surface area contributed by atoms with Gasteiger partial charge in [-0.25, -0.2) is 0 Å². The van der Waals surface area contributed by atoms with Gasteiger partial charge in [-0.05, 0) is 42.7 Å². The summed E-state index contributed by atoms with van der Waals surface area (Å²) in [6, 6.07) is 13.5. The third-order valence-electron chi connectivity index (χ3n) is 3.06. The van der Waals surface area contributed by atoms with E-state index in [1.54, 1.807) is 6.07 Å². The molecule has 1 atom stereocenters. The van der Waals surface area contributed by atoms with Crippen molar-refractivity contribution in [3.63, 3.8) is 0 Å². The lowest BCUT2D eigenvalue weighted by molar-refractivity contribution is 0.489. The van der Waals surface area contributed by atoms with Gasteiger partial charge >= 0.3 is 0 Å². The molecule has 0 heterocycles. The largest absolute Gasteiger partial charge is 0.321 e. The maximum absolute atomic E-state index is 6.46. The van der Waals surface area contributed by atoms with Crippen LogP contribution in [-0.4, -0.2) is 0 Å². The first kappa shape index (κ1) is 14.9. The Morgan fingerprint density at radius 1 is 1.16 bits per heavy atom. The molecule has 2 rings (SSSR count). The third kappa shape index (κ3) is 3.51. The molecule has 0 spiro atoms. The van der Waals surface area contributed by atoms with Crippen molar-refractivity contribution in [2.24, 2.45) is 5.73 Å². The summed E-state index contributed by atoms with van der Waals surface area (Å²) in [4.78, 5) is 0. The lowest BCUT2D eigenvalue weighted by Crippen LogP contribution is -2.36. The fourth-order valence-electron chi connectivity index (χ4n) is 2.08. The molecule has 0 aliphatic heterocycles. The highest BCUT2D eigenvalue weighted by Crippen LogP contribution is 2.32. The molecule has 2 aromatic carbocycles. The van der Waals surface area contributed by atoms with E-state index in [0.29, 0.717) is 16.5 Å². The van der Waals surface area contributed by atoms with Crippen molar-refractivity contribution in [3.05, 3.63) is 68.1 Å². The summed E-state index contributed by atoms with van der Waals surface area (Å²) >= 11 is 15.7. The molecule has 0 bridgehead atoms. The maximum Gasteiger partial charge on any atom is 0.0453 e. The fraction of sp³-hybridized carbons (Fsp3) is 0.200. The molecular weight excluding hydrogens is 345 g/mol. The Hall–Kier alpha value is -0.540. The summed E-state index contributed by atoms with van der Waals surface area (Å²) in [6.07, 6.45) is 0.644. The minimum Gasteiger partial charge on any atom is -0.321 e. The first-order valence-corrected chi connectivity index (χ1v) is 7.43. The van der Waals surface area contributed by atoms with Gasteiger partial charge < -0.3 is 5.73 Å². The van der Waals surface area contributed by atoms with Gasteiger partial charge in [0.25, 0.3) is 0 Å². The number of rotatable bonds is 3. The third-order valence-corrected chi connectivity index (χ3v) is 4.34. The molecule has 1 nitrogen and oxygen atoms in total. The highest BCUT2D eigenvalue weighted by atomic mass is 79.9. The highest BCUT2D eigenvalue weighted by Gasteiger charge is 2.24. The average molecular weight is 359 g/mol. The van der Waals surface area contributed by atoms with Crippen LogP contribution in [0.15, 0.2) is 46.9 Å². The molecule has 1 unspecified atom stereocenters. The molecule has 19 heavy (non-hydrogen) atoms. The van der Waals surface area contributed by atoms with Crippen LogP contribution in [0.5, 0.6) is 0 Å². The minimum absolute atomic E-state index is 0.502. The van der Waals surface area contributed by atoms with Gasteiger partial charge in [0.1, 0.15) is 0 Å². The van der Waals surface area contributed by atoms with Crippen LogP contribution < -0.4 is 5.73 Å². The molecule has 4 heteroatoms. The molecule has 2 aromatic rings. The molecule has 2 N–H and O–H groups in total. The summed E-state index contributed by atoms with van der Waals surface area (Å²) in [6.45, 7) is 2.00. The van der Waals surface area contributed by atoms with Crippen LogP contribution in [0.25, 0.3) is 0 Å². The molecule has 0 amide bonds. The quantitative estimate of drug-likeness (QED) is 0.804. The molecule has 0 saturated carbocycles. The van der Waals surface area contributed by atoms with Gasteiger partial charge in [0.05, 0.1) is 0 Å². The Balaban J connectivity index is 2.33. The Morgan fingerprint density at radius 3 is 2.47 bits per heavy atom. The van der Waals surface area contributed by atoms with Crippen molar-refractivity contribution >= 4 is 39.1 Å². The van der Waals surface area contributed by atoms with Gasteiger partial charge in [-0.3, -0.25) is 0 Å². The Kier molecular flexibility index (Phi) is 4.57. The van der Waals surface area contributed by atoms with Crippen LogP contribution in [0, 0.1) is 0 Å². The lowest BCUT2D eigenvalue weighted by atomic mass is 9.86. The zero-order valence-electron chi connectivity index (χ0n) is 10.5. The zero-order chi connectivity index (χ0) is 14.0. The second-order valence-corrected chi connectivity index (χ2v) is 6.51. The van der Waals surface area contributed by atoms with E-state index in [-0.39, 0.29) is 0 Å². The van der Waals surface area contributed by atoms with E-state index in [4.69, 9.17) is 28.9 Å². The summed E-state index contributed by atoms with van der Waals surface area (Å²) in [5.74, 6) is 0. The second-order valence-electron chi connectivity index (χ2n) is 4.81. The Labute approximate surface area is 131 Å². The van der Waals surface area contributed by atoms with Gasteiger partial charge in [0, 0.05) is 20.1 Å². The van der Waals surface area contributed by atoms with Crippen LogP contribution in [0.2, 0.25) is 10.0 Å². The van der Waals surface area contributed by atoms with Crippen molar-refractivity contribution < 1.29 is 0 Å². The highest BCUT2D eigenvalue weighted by molar-refractivity contribution is 9.10. The topological polar surface area (TPSA) is 26.0 Å². The van der Waals surface area contributed by atoms with Gasteiger partial charge in [-0.2, -0.15) is 0 Å². The smallest absolute Gasteiger partial charge is 0.0453 e. The zero-order valence-corrected chi connectivity index (χ0v) is 13.6. The van der Waals surface area contributed by atoms with Gasteiger partial charge in [0.2, 0.25) is 0 Å². The summed E-state index contributed by atoms with van der Waals surface area (Å²) in [5.41, 5.74) is 8.00. The summed E-state index contributed by atoms with van der Waals surface area (Å²) in [5, 5.41) is 1.28. The molecule has 0 aliphatic carbocycles. The predicted molar refractivity (Wildman–Crippen MR) is 85.8 cm³/mol. The fourth-order valence-corrected chi connectivity index (χ4v) is 3.29. The molecule has 0 aliphatic rings. The van der Waals surface area contributed by atoms with E-state index in [0.717, 1.165) is 15.6 Å². The van der Waals surface area contributed by atoms with Crippen molar-refractivity contribution in [1.29, 1.82) is 0 Å². The number of hydrogen-bond donors (Lipinski definition) is 1. The van der Waals surface area contributed by atoms with Gasteiger partial charge in [-0.15, -0.1) is 0 Å². The Morgan fingerprint density at radius 2 is 1.84 bits per heavy atom. The lowest BCUT2D eigenvalue weighted by Gasteiger charge is -2.27. The van der Waals surface area contributed by atoms with E-state index in [2.05, 4.69) is 15.9 Å². The SMILES string of the molecule is CC(N)(Cc1ccc(Cl)cc1Cl)c1ccccc1Br. The number of halogens is 3. The van der Waals surface area contributed by atoms with Crippen LogP contribution in [0.4, 0.5) is 0 Å². The molecule has 0 fully saturated rings. The molecular formula is C15H14BrCl2N. The summed E-state index contributed by atoms with van der Waals surface area (Å²) in [7, 11) is 0. The van der Waals surface area contributed by atoms with Crippen LogP contribution >= 0.6 is 39.1 Å². The predicted octanol–water partition coefficient (Wildman–Crippen LogP) is 5.17. The second kappa shape index (κ2) is 5.84. The number of nitrogens with two attached hydrogens (primary N) is 1. The minimum atomic E-state index is -0.502. The van der Waals surface area contributed by atoms with Crippen LogP contribution in [0.3, 0.4) is 0 Å². The molecule has 0 radical (unpaired) electrons. The van der Waals surface area contributed by atoms with Crippen molar-refractivity contribution in [2.75, 3.05) is 0 Å². The van der Waals surface area contributed by atoms with Gasteiger partial charge in [-0.1, -0.05) is 63.4 Å². The first-order chi connectivity index (χ1) is 8.90. The van der Waals surface area contributed by atoms with Gasteiger partial charge in [0.15, 0.2) is 0 Å². The summed E-state index contributed by atoms with van der Waals surface area (Å²) < 4.78 is 1.00. The van der Waals surface area contributed by atoms with E-state index >= 15 is 0 Å².